The fourth-order valence-electron chi connectivity index (χ4n) is 12.8. The number of ether oxygens (including phenoxy) is 8. The Morgan fingerprint density at radius 2 is 1.52 bits per heavy atom. The van der Waals surface area contributed by atoms with E-state index in [2.05, 4.69) is 77.1 Å². The maximum Gasteiger partial charge on any atom is 0.306 e. The summed E-state index contributed by atoms with van der Waals surface area (Å²) < 4.78 is 50.4. The van der Waals surface area contributed by atoms with Crippen LogP contribution in [0.25, 0.3) is 0 Å². The molecule has 1 aromatic carbocycles. The average Bonchev–Trinajstić information content (AvgIpc) is 3.83. The molecule has 1 aromatic rings. The second kappa shape index (κ2) is 20.6. The number of hydrogen-bond donors (Lipinski definition) is 2. The standard InChI is InChI=1S/C50H78N2O11/c1-13-31-15-14-16-39(63-41-18-17-38(52(8)9)29(6)59-41)28(5)45(54)37-23-34-33-21-32(62-50-49(58-12)48(57-11)47(56-10)30(7)60-50)22-36(33)46(55)44(42(34)35(37)24-40(53)61-31)51-43-26(3)19-25(2)20-27(43)4/h19-20,23,28-36,38-39,41-42,44,46-51,55H,13-18,21-22,24H2,1-12H3/t28-,29?,30?,31+,32+,33+,34+,35-,36-,38+,39+,41+,42-,44-,46-,47+,48?,49+,50+/m1/s1. The van der Waals surface area contributed by atoms with E-state index in [0.29, 0.717) is 43.7 Å². The maximum absolute atomic E-state index is 15.3. The Labute approximate surface area is 376 Å². The number of hydrogen-bond acceptors (Lipinski definition) is 13. The number of fused-ring (bicyclic) bond motifs is 5. The van der Waals surface area contributed by atoms with Crippen LogP contribution in [0.3, 0.4) is 0 Å². The Kier molecular flexibility index (Phi) is 15.8. The molecule has 13 nitrogen and oxygen atoms in total. The Hall–Kier alpha value is -2.46. The number of rotatable bonds is 11. The van der Waals surface area contributed by atoms with Crippen molar-refractivity contribution >= 4 is 17.4 Å². The molecule has 3 heterocycles. The number of Topliss-reactive ketones (excluding diaryl/α,β-unsaturated/α-hetero) is 1. The Balaban J connectivity index is 1.24. The zero-order valence-electron chi connectivity index (χ0n) is 40.0. The number of allylic oxidation sites excluding steroid dienone is 2. The van der Waals surface area contributed by atoms with Gasteiger partial charge in [0.15, 0.2) is 18.4 Å². The second-order valence-corrected chi connectivity index (χ2v) is 20.0. The van der Waals surface area contributed by atoms with E-state index >= 15 is 4.79 Å². The summed E-state index contributed by atoms with van der Waals surface area (Å²) >= 11 is 0. The van der Waals surface area contributed by atoms with Crippen molar-refractivity contribution in [3.63, 3.8) is 0 Å². The largest absolute Gasteiger partial charge is 0.462 e. The minimum absolute atomic E-state index is 0.000964. The number of benzene rings is 1. The number of methoxy groups -OCH3 is 3. The third kappa shape index (κ3) is 9.98. The molecule has 63 heavy (non-hydrogen) atoms. The highest BCUT2D eigenvalue weighted by molar-refractivity contribution is 5.99. The average molecular weight is 883 g/mol. The summed E-state index contributed by atoms with van der Waals surface area (Å²) in [6.45, 7) is 14.4. The van der Waals surface area contributed by atoms with Crippen LogP contribution in [0.1, 0.15) is 102 Å². The molecule has 2 saturated carbocycles. The zero-order chi connectivity index (χ0) is 45.4. The van der Waals surface area contributed by atoms with Gasteiger partial charge in [0.25, 0.3) is 0 Å². The van der Waals surface area contributed by atoms with Crippen molar-refractivity contribution in [3.05, 3.63) is 40.5 Å². The number of nitrogens with one attached hydrogen (secondary N) is 1. The number of carbonyl (C=O) groups is 2. The lowest BCUT2D eigenvalue weighted by Gasteiger charge is -2.48. The number of ketones is 1. The molecule has 3 unspecified atom stereocenters. The lowest BCUT2D eigenvalue weighted by atomic mass is 9.62. The lowest BCUT2D eigenvalue weighted by Crippen LogP contribution is -2.59. The number of aliphatic hydroxyl groups excluding tert-OH is 1. The van der Waals surface area contributed by atoms with Gasteiger partial charge in [-0.15, -0.1) is 0 Å². The molecule has 2 N–H and O–H groups in total. The highest BCUT2D eigenvalue weighted by Crippen LogP contribution is 2.58. The van der Waals surface area contributed by atoms with Gasteiger partial charge in [0.2, 0.25) is 0 Å². The van der Waals surface area contributed by atoms with Crippen molar-refractivity contribution in [2.45, 2.75) is 186 Å². The fourth-order valence-corrected chi connectivity index (χ4v) is 12.8. The number of esters is 1. The summed E-state index contributed by atoms with van der Waals surface area (Å²) in [5.74, 6) is -1.82. The zero-order valence-corrected chi connectivity index (χ0v) is 40.0. The van der Waals surface area contributed by atoms with Crippen molar-refractivity contribution in [1.82, 2.24) is 4.90 Å². The van der Waals surface area contributed by atoms with Gasteiger partial charge in [-0.05, 0) is 140 Å². The van der Waals surface area contributed by atoms with Crippen molar-refractivity contribution in [3.8, 4) is 0 Å². The SMILES string of the molecule is CC[C@H]1CCC[C@H](O[C@H]2CC[C@H](N(C)C)C(C)O2)[C@@H](C)C(=O)C2=C[C@H]3[C@@H]4C[C@H](O[C@@H]5OC(C)[C@H](OC)C(OC)[C@@H]5OC)C[C@H]4[C@@H](O)[C@H](Nc4c(C)cc(C)cc4C)[C@H]3[C@@H]2CC(=O)O1. The van der Waals surface area contributed by atoms with Crippen LogP contribution in [-0.4, -0.2) is 137 Å². The van der Waals surface area contributed by atoms with E-state index in [1.807, 2.05) is 13.8 Å². The first-order valence-corrected chi connectivity index (χ1v) is 23.9. The summed E-state index contributed by atoms with van der Waals surface area (Å²) in [4.78, 5) is 31.6. The molecule has 0 aromatic heterocycles. The smallest absolute Gasteiger partial charge is 0.306 e. The summed E-state index contributed by atoms with van der Waals surface area (Å²) in [7, 11) is 9.08. The van der Waals surface area contributed by atoms with Gasteiger partial charge in [-0.1, -0.05) is 37.6 Å². The van der Waals surface area contributed by atoms with E-state index in [1.54, 1.807) is 21.3 Å². The molecule has 6 aliphatic rings. The molecule has 0 bridgehead atoms. The van der Waals surface area contributed by atoms with Crippen LogP contribution in [0.4, 0.5) is 5.69 Å². The predicted octanol–water partition coefficient (Wildman–Crippen LogP) is 6.70. The van der Waals surface area contributed by atoms with Gasteiger partial charge in [-0.3, -0.25) is 9.59 Å². The van der Waals surface area contributed by atoms with Gasteiger partial charge < -0.3 is 53.2 Å². The first kappa shape index (κ1) is 48.5. The molecular formula is C50H78N2O11. The van der Waals surface area contributed by atoms with Crippen LogP contribution in [0.2, 0.25) is 0 Å². The van der Waals surface area contributed by atoms with E-state index in [4.69, 9.17) is 37.9 Å². The Bertz CT molecular complexity index is 1750. The quantitative estimate of drug-likeness (QED) is 0.228. The number of aryl methyl sites for hydroxylation is 3. The number of cyclic esters (lactones) is 1. The normalized spacial score (nSPS) is 42.4. The molecule has 3 aliphatic heterocycles. The van der Waals surface area contributed by atoms with Crippen molar-refractivity contribution < 1.29 is 52.6 Å². The Morgan fingerprint density at radius 3 is 2.16 bits per heavy atom. The molecule has 0 radical (unpaired) electrons. The molecular weight excluding hydrogens is 805 g/mol. The summed E-state index contributed by atoms with van der Waals surface area (Å²) in [6, 6.07) is 4.14. The molecule has 0 spiro atoms. The number of carbonyl (C=O) groups excluding carboxylic acids is 2. The van der Waals surface area contributed by atoms with Crippen LogP contribution in [0.15, 0.2) is 23.8 Å². The maximum atomic E-state index is 15.3. The van der Waals surface area contributed by atoms with Crippen LogP contribution in [0.5, 0.6) is 0 Å². The van der Waals surface area contributed by atoms with Gasteiger partial charge in [0.1, 0.15) is 24.4 Å². The molecule has 13 heteroatoms. The van der Waals surface area contributed by atoms with E-state index in [9.17, 15) is 9.90 Å². The summed E-state index contributed by atoms with van der Waals surface area (Å²) in [6.07, 6.45) is 3.57. The Morgan fingerprint density at radius 1 is 0.841 bits per heavy atom. The van der Waals surface area contributed by atoms with Crippen molar-refractivity contribution in [1.29, 1.82) is 0 Å². The molecule has 3 aliphatic carbocycles. The van der Waals surface area contributed by atoms with Gasteiger partial charge in [-0.2, -0.15) is 0 Å². The van der Waals surface area contributed by atoms with Crippen LogP contribution >= 0.6 is 0 Å². The monoisotopic (exact) mass is 883 g/mol. The van der Waals surface area contributed by atoms with E-state index in [-0.39, 0.29) is 78.5 Å². The summed E-state index contributed by atoms with van der Waals surface area (Å²) in [5.41, 5.74) is 4.95. The van der Waals surface area contributed by atoms with Gasteiger partial charge in [0.05, 0.1) is 43.0 Å². The molecule has 5 fully saturated rings. The first-order valence-electron chi connectivity index (χ1n) is 23.9. The van der Waals surface area contributed by atoms with Gasteiger partial charge >= 0.3 is 5.97 Å². The van der Waals surface area contributed by atoms with Crippen molar-refractivity contribution in [2.24, 2.45) is 35.5 Å². The molecule has 7 rings (SSSR count). The second-order valence-electron chi connectivity index (χ2n) is 20.0. The van der Waals surface area contributed by atoms with Crippen LogP contribution in [-0.2, 0) is 47.5 Å². The van der Waals surface area contributed by atoms with Gasteiger partial charge in [0, 0.05) is 44.9 Å². The van der Waals surface area contributed by atoms with E-state index in [0.717, 1.165) is 41.6 Å². The van der Waals surface area contributed by atoms with Crippen LogP contribution in [0, 0.1) is 56.3 Å². The van der Waals surface area contributed by atoms with Crippen molar-refractivity contribution in [2.75, 3.05) is 40.7 Å². The number of likely N-dealkylation sites (N-methyl/N-ethyl adjacent to an activating group) is 1. The van der Waals surface area contributed by atoms with Crippen LogP contribution < -0.4 is 5.32 Å². The summed E-state index contributed by atoms with van der Waals surface area (Å²) in [5, 5.41) is 16.7. The minimum Gasteiger partial charge on any atom is -0.462 e. The first-order chi connectivity index (χ1) is 30.1. The fraction of sp³-hybridized carbons (Fsp3) is 0.800. The highest BCUT2D eigenvalue weighted by atomic mass is 16.7. The number of nitrogens with zero attached hydrogens (tertiary/aromatic N) is 1. The molecule has 3 saturated heterocycles. The minimum atomic E-state index is -0.799. The highest BCUT2D eigenvalue weighted by Gasteiger charge is 2.60. The van der Waals surface area contributed by atoms with Gasteiger partial charge in [-0.25, -0.2) is 0 Å². The molecule has 354 valence electrons. The number of anilines is 1. The molecule has 0 amide bonds. The molecule has 19 atom stereocenters. The number of aliphatic hydroxyl groups is 1. The topological polar surface area (TPSA) is 143 Å². The van der Waals surface area contributed by atoms with E-state index in [1.165, 1.54) is 0 Å². The predicted molar refractivity (Wildman–Crippen MR) is 239 cm³/mol. The third-order valence-electron chi connectivity index (χ3n) is 15.9. The van der Waals surface area contributed by atoms with E-state index < -0.39 is 48.8 Å². The lowest BCUT2D eigenvalue weighted by molar-refractivity contribution is -0.314. The third-order valence-corrected chi connectivity index (χ3v) is 15.9.